The molecule has 0 radical (unpaired) electrons. The van der Waals surface area contributed by atoms with E-state index in [0.29, 0.717) is 6.54 Å². The Balaban J connectivity index is 1.95. The number of fused-ring (bicyclic) bond motifs is 1. The fourth-order valence-electron chi connectivity index (χ4n) is 3.87. The van der Waals surface area contributed by atoms with Crippen molar-refractivity contribution in [2.45, 2.75) is 51.6 Å². The average Bonchev–Trinajstić information content (AvgIpc) is 2.86. The van der Waals surface area contributed by atoms with Crippen LogP contribution >= 0.6 is 0 Å². The predicted octanol–water partition coefficient (Wildman–Crippen LogP) is 3.22. The summed E-state index contributed by atoms with van der Waals surface area (Å²) < 4.78 is 0. The van der Waals surface area contributed by atoms with Crippen LogP contribution in [0.25, 0.3) is 0 Å². The molecule has 1 aromatic carbocycles. The van der Waals surface area contributed by atoms with Gasteiger partial charge in [0, 0.05) is 24.8 Å². The molecule has 1 saturated heterocycles. The molecule has 1 heterocycles. The molecule has 1 aliphatic carbocycles. The standard InChI is InChI=1S/C16H24N2/c1-12-7-8-14(11-17)16(10-12)18-9-3-5-13-4-2-6-15(13)18/h7-8,10,13,15H,2-6,9,11,17H2,1H3. The SMILES string of the molecule is Cc1ccc(CN)c(N2CCCC3CCCC32)c1. The van der Waals surface area contributed by atoms with Crippen LogP contribution in [-0.2, 0) is 6.54 Å². The Morgan fingerprint density at radius 2 is 2.06 bits per heavy atom. The molecular weight excluding hydrogens is 220 g/mol. The van der Waals surface area contributed by atoms with Crippen LogP contribution in [0.4, 0.5) is 5.69 Å². The first-order valence-corrected chi connectivity index (χ1v) is 7.36. The summed E-state index contributed by atoms with van der Waals surface area (Å²) in [7, 11) is 0. The Hall–Kier alpha value is -1.02. The highest BCUT2D eigenvalue weighted by Crippen LogP contribution is 2.40. The van der Waals surface area contributed by atoms with Gasteiger partial charge in [-0.05, 0) is 55.7 Å². The molecule has 2 heteroatoms. The van der Waals surface area contributed by atoms with E-state index in [1.165, 1.54) is 55.5 Å². The molecule has 3 rings (SSSR count). The molecule has 0 bridgehead atoms. The first-order valence-electron chi connectivity index (χ1n) is 7.36. The zero-order chi connectivity index (χ0) is 12.5. The van der Waals surface area contributed by atoms with E-state index in [1.807, 2.05) is 0 Å². The number of hydrogen-bond donors (Lipinski definition) is 1. The van der Waals surface area contributed by atoms with Crippen molar-refractivity contribution >= 4 is 5.69 Å². The van der Waals surface area contributed by atoms with E-state index in [4.69, 9.17) is 5.73 Å². The Labute approximate surface area is 110 Å². The molecule has 1 saturated carbocycles. The molecule has 0 spiro atoms. The first-order chi connectivity index (χ1) is 8.79. The second-order valence-corrected chi connectivity index (χ2v) is 5.93. The van der Waals surface area contributed by atoms with Crippen LogP contribution in [0.5, 0.6) is 0 Å². The molecule has 2 N–H and O–H groups in total. The second-order valence-electron chi connectivity index (χ2n) is 5.93. The van der Waals surface area contributed by atoms with Crippen molar-refractivity contribution in [3.05, 3.63) is 29.3 Å². The van der Waals surface area contributed by atoms with Gasteiger partial charge < -0.3 is 10.6 Å². The van der Waals surface area contributed by atoms with Crippen molar-refractivity contribution in [2.24, 2.45) is 11.7 Å². The number of anilines is 1. The summed E-state index contributed by atoms with van der Waals surface area (Å²) in [6, 6.07) is 7.51. The minimum absolute atomic E-state index is 0.656. The fraction of sp³-hybridized carbons (Fsp3) is 0.625. The summed E-state index contributed by atoms with van der Waals surface area (Å²) in [5.41, 5.74) is 9.99. The third-order valence-corrected chi connectivity index (χ3v) is 4.76. The highest BCUT2D eigenvalue weighted by molar-refractivity contribution is 5.57. The van der Waals surface area contributed by atoms with E-state index in [2.05, 4.69) is 30.0 Å². The van der Waals surface area contributed by atoms with Crippen LogP contribution in [0.1, 0.15) is 43.2 Å². The molecule has 2 nitrogen and oxygen atoms in total. The molecule has 2 atom stereocenters. The minimum Gasteiger partial charge on any atom is -0.368 e. The predicted molar refractivity (Wildman–Crippen MR) is 76.8 cm³/mol. The Morgan fingerprint density at radius 3 is 2.89 bits per heavy atom. The number of rotatable bonds is 2. The van der Waals surface area contributed by atoms with Crippen molar-refractivity contribution in [3.8, 4) is 0 Å². The Morgan fingerprint density at radius 1 is 1.22 bits per heavy atom. The molecule has 2 fully saturated rings. The third-order valence-electron chi connectivity index (χ3n) is 4.76. The summed E-state index contributed by atoms with van der Waals surface area (Å²) >= 11 is 0. The van der Waals surface area contributed by atoms with E-state index in [9.17, 15) is 0 Å². The van der Waals surface area contributed by atoms with Crippen molar-refractivity contribution in [1.82, 2.24) is 0 Å². The van der Waals surface area contributed by atoms with E-state index < -0.39 is 0 Å². The number of benzene rings is 1. The molecule has 98 valence electrons. The quantitative estimate of drug-likeness (QED) is 0.865. The van der Waals surface area contributed by atoms with E-state index in [0.717, 1.165) is 12.0 Å². The van der Waals surface area contributed by atoms with Crippen LogP contribution in [0.15, 0.2) is 18.2 Å². The summed E-state index contributed by atoms with van der Waals surface area (Å²) in [6.07, 6.45) is 7.01. The number of piperidine rings is 1. The topological polar surface area (TPSA) is 29.3 Å². The van der Waals surface area contributed by atoms with Gasteiger partial charge in [-0.2, -0.15) is 0 Å². The number of hydrogen-bond acceptors (Lipinski definition) is 2. The van der Waals surface area contributed by atoms with Gasteiger partial charge >= 0.3 is 0 Å². The average molecular weight is 244 g/mol. The molecule has 0 amide bonds. The molecule has 2 unspecified atom stereocenters. The van der Waals surface area contributed by atoms with Crippen molar-refractivity contribution in [2.75, 3.05) is 11.4 Å². The highest BCUT2D eigenvalue weighted by atomic mass is 15.2. The van der Waals surface area contributed by atoms with Gasteiger partial charge in [0.1, 0.15) is 0 Å². The van der Waals surface area contributed by atoms with Crippen LogP contribution in [-0.4, -0.2) is 12.6 Å². The maximum Gasteiger partial charge on any atom is 0.0417 e. The fourth-order valence-corrected chi connectivity index (χ4v) is 3.87. The van der Waals surface area contributed by atoms with Gasteiger partial charge in [-0.1, -0.05) is 18.6 Å². The lowest BCUT2D eigenvalue weighted by Crippen LogP contribution is -2.43. The molecule has 2 aliphatic rings. The van der Waals surface area contributed by atoms with E-state index in [1.54, 1.807) is 0 Å². The zero-order valence-electron chi connectivity index (χ0n) is 11.4. The minimum atomic E-state index is 0.656. The van der Waals surface area contributed by atoms with Gasteiger partial charge in [0.15, 0.2) is 0 Å². The van der Waals surface area contributed by atoms with Gasteiger partial charge in [0.25, 0.3) is 0 Å². The molecule has 1 aliphatic heterocycles. The lowest BCUT2D eigenvalue weighted by Gasteiger charge is -2.40. The normalized spacial score (nSPS) is 27.3. The molecular formula is C16H24N2. The van der Waals surface area contributed by atoms with Gasteiger partial charge in [-0.25, -0.2) is 0 Å². The number of nitrogens with zero attached hydrogens (tertiary/aromatic N) is 1. The van der Waals surface area contributed by atoms with E-state index in [-0.39, 0.29) is 0 Å². The molecule has 1 aromatic rings. The Kier molecular flexibility index (Phi) is 3.29. The van der Waals surface area contributed by atoms with Gasteiger partial charge in [0.2, 0.25) is 0 Å². The molecule has 18 heavy (non-hydrogen) atoms. The van der Waals surface area contributed by atoms with Crippen LogP contribution in [0.2, 0.25) is 0 Å². The summed E-state index contributed by atoms with van der Waals surface area (Å²) in [4.78, 5) is 2.66. The monoisotopic (exact) mass is 244 g/mol. The molecule has 0 aromatic heterocycles. The Bertz CT molecular complexity index is 427. The van der Waals surface area contributed by atoms with E-state index >= 15 is 0 Å². The van der Waals surface area contributed by atoms with Gasteiger partial charge in [-0.15, -0.1) is 0 Å². The maximum atomic E-state index is 5.92. The van der Waals surface area contributed by atoms with Crippen molar-refractivity contribution in [1.29, 1.82) is 0 Å². The smallest absolute Gasteiger partial charge is 0.0417 e. The van der Waals surface area contributed by atoms with Crippen LogP contribution < -0.4 is 10.6 Å². The van der Waals surface area contributed by atoms with Crippen LogP contribution in [0.3, 0.4) is 0 Å². The van der Waals surface area contributed by atoms with Crippen molar-refractivity contribution < 1.29 is 0 Å². The summed E-state index contributed by atoms with van der Waals surface area (Å²) in [6.45, 7) is 4.06. The largest absolute Gasteiger partial charge is 0.368 e. The van der Waals surface area contributed by atoms with Gasteiger partial charge in [0.05, 0.1) is 0 Å². The first kappa shape index (κ1) is 12.0. The van der Waals surface area contributed by atoms with Gasteiger partial charge in [-0.3, -0.25) is 0 Å². The van der Waals surface area contributed by atoms with Crippen LogP contribution in [0, 0.1) is 12.8 Å². The third kappa shape index (κ3) is 2.03. The number of nitrogens with two attached hydrogens (primary N) is 1. The number of aryl methyl sites for hydroxylation is 1. The maximum absolute atomic E-state index is 5.92. The van der Waals surface area contributed by atoms with Crippen molar-refractivity contribution in [3.63, 3.8) is 0 Å². The lowest BCUT2D eigenvalue weighted by atomic mass is 9.90. The lowest BCUT2D eigenvalue weighted by molar-refractivity contribution is 0.362. The highest BCUT2D eigenvalue weighted by Gasteiger charge is 2.35. The zero-order valence-corrected chi connectivity index (χ0v) is 11.4. The summed E-state index contributed by atoms with van der Waals surface area (Å²) in [5.74, 6) is 0.935. The summed E-state index contributed by atoms with van der Waals surface area (Å²) in [5, 5.41) is 0. The second kappa shape index (κ2) is 4.93.